The molecule has 164 valence electrons. The van der Waals surface area contributed by atoms with Crippen LogP contribution in [0, 0.1) is 0 Å². The normalized spacial score (nSPS) is 21.9. The molecule has 0 radical (unpaired) electrons. The summed E-state index contributed by atoms with van der Waals surface area (Å²) in [5.74, 6) is 0.947. The van der Waals surface area contributed by atoms with E-state index < -0.39 is 0 Å². The van der Waals surface area contributed by atoms with Crippen molar-refractivity contribution in [2.24, 2.45) is 0 Å². The molecular weight excluding hydrogens is 384 g/mol. The lowest BCUT2D eigenvalue weighted by molar-refractivity contribution is 0.191. The van der Waals surface area contributed by atoms with Crippen molar-refractivity contribution in [3.8, 4) is 17.0 Å². The number of likely N-dealkylation sites (tertiary alicyclic amines) is 1. The average Bonchev–Trinajstić information content (AvgIpc) is 3.29. The second-order valence-electron chi connectivity index (χ2n) is 9.29. The Labute approximate surface area is 185 Å². The molecule has 5 heteroatoms. The minimum Gasteiger partial charge on any atom is -0.494 e. The molecule has 1 aliphatic carbocycles. The van der Waals surface area contributed by atoms with Crippen LogP contribution in [0.2, 0.25) is 0 Å². The zero-order valence-electron chi connectivity index (χ0n) is 18.9. The van der Waals surface area contributed by atoms with Crippen LogP contribution in [0.1, 0.15) is 63.6 Å². The van der Waals surface area contributed by atoms with Crippen molar-refractivity contribution in [1.29, 1.82) is 0 Å². The van der Waals surface area contributed by atoms with Gasteiger partial charge in [0.2, 0.25) is 0 Å². The maximum atomic E-state index is 6.07. The molecule has 1 aliphatic heterocycles. The van der Waals surface area contributed by atoms with Crippen LogP contribution in [0.5, 0.6) is 5.75 Å². The van der Waals surface area contributed by atoms with Gasteiger partial charge in [-0.2, -0.15) is 5.10 Å². The maximum absolute atomic E-state index is 6.07. The molecule has 1 fully saturated rings. The van der Waals surface area contributed by atoms with Gasteiger partial charge < -0.3 is 4.74 Å². The monoisotopic (exact) mass is 418 g/mol. The zero-order chi connectivity index (χ0) is 21.2. The van der Waals surface area contributed by atoms with E-state index in [1.165, 1.54) is 54.6 Å². The largest absolute Gasteiger partial charge is 0.494 e. The average molecular weight is 419 g/mol. The number of rotatable bonds is 6. The molecule has 1 saturated heterocycles. The summed E-state index contributed by atoms with van der Waals surface area (Å²) in [7, 11) is 0. The molecule has 2 atom stereocenters. The third kappa shape index (κ3) is 4.20. The van der Waals surface area contributed by atoms with Gasteiger partial charge in [0.15, 0.2) is 5.65 Å². The van der Waals surface area contributed by atoms with Gasteiger partial charge in [0.05, 0.1) is 18.5 Å². The number of fused-ring (bicyclic) bond motifs is 2. The topological polar surface area (TPSA) is 42.7 Å². The molecule has 0 bridgehead atoms. The molecule has 0 saturated carbocycles. The van der Waals surface area contributed by atoms with E-state index in [2.05, 4.69) is 48.1 Å². The van der Waals surface area contributed by atoms with Gasteiger partial charge in [0, 0.05) is 41.5 Å². The summed E-state index contributed by atoms with van der Waals surface area (Å²) in [5, 5.41) is 4.59. The molecule has 5 nitrogen and oxygen atoms in total. The first-order chi connectivity index (χ1) is 15.2. The Morgan fingerprint density at radius 2 is 1.74 bits per heavy atom. The van der Waals surface area contributed by atoms with Crippen LogP contribution in [0.15, 0.2) is 36.5 Å². The van der Waals surface area contributed by atoms with Crippen LogP contribution in [-0.4, -0.2) is 44.7 Å². The van der Waals surface area contributed by atoms with E-state index in [4.69, 9.17) is 9.72 Å². The van der Waals surface area contributed by atoms with Gasteiger partial charge >= 0.3 is 0 Å². The van der Waals surface area contributed by atoms with Crippen LogP contribution in [0.25, 0.3) is 16.9 Å². The summed E-state index contributed by atoms with van der Waals surface area (Å²) in [4.78, 5) is 7.53. The molecule has 0 amide bonds. The molecule has 0 unspecified atom stereocenters. The summed E-state index contributed by atoms with van der Waals surface area (Å²) >= 11 is 0. The van der Waals surface area contributed by atoms with Crippen LogP contribution in [-0.2, 0) is 12.8 Å². The van der Waals surface area contributed by atoms with Crippen molar-refractivity contribution >= 4 is 5.65 Å². The van der Waals surface area contributed by atoms with Gasteiger partial charge in [-0.05, 0) is 83.1 Å². The molecule has 1 aromatic carbocycles. The minimum absolute atomic E-state index is 0.712. The van der Waals surface area contributed by atoms with Crippen molar-refractivity contribution < 1.29 is 4.74 Å². The van der Waals surface area contributed by atoms with Gasteiger partial charge in [-0.3, -0.25) is 4.90 Å². The zero-order valence-corrected chi connectivity index (χ0v) is 18.9. The fourth-order valence-electron chi connectivity index (χ4n) is 5.40. The van der Waals surface area contributed by atoms with Crippen molar-refractivity contribution in [2.75, 3.05) is 13.2 Å². The van der Waals surface area contributed by atoms with Crippen LogP contribution in [0.3, 0.4) is 0 Å². The highest BCUT2D eigenvalue weighted by molar-refractivity contribution is 5.68. The number of aryl methyl sites for hydroxylation is 1. The van der Waals surface area contributed by atoms with Gasteiger partial charge in [0.25, 0.3) is 0 Å². The Hall–Kier alpha value is -2.40. The predicted molar refractivity (Wildman–Crippen MR) is 125 cm³/mol. The lowest BCUT2D eigenvalue weighted by Crippen LogP contribution is -2.34. The predicted octanol–water partition coefficient (Wildman–Crippen LogP) is 5.31. The molecule has 31 heavy (non-hydrogen) atoms. The van der Waals surface area contributed by atoms with Crippen molar-refractivity contribution in [2.45, 2.75) is 77.3 Å². The molecule has 2 aliphatic rings. The third-order valence-corrected chi connectivity index (χ3v) is 7.15. The van der Waals surface area contributed by atoms with E-state index in [1.807, 2.05) is 16.8 Å². The van der Waals surface area contributed by atoms with E-state index in [0.717, 1.165) is 43.8 Å². The molecule has 2 aromatic heterocycles. The SMILES string of the molecule is C[C@@H]1CC[C@@H](C)N1CCCOc1ccc(-c2c3c(nc4ccnn24)CCCCC3)cc1. The highest BCUT2D eigenvalue weighted by Gasteiger charge is 2.26. The van der Waals surface area contributed by atoms with Gasteiger partial charge in [-0.1, -0.05) is 6.42 Å². The second kappa shape index (κ2) is 8.99. The van der Waals surface area contributed by atoms with Gasteiger partial charge in [0.1, 0.15) is 5.75 Å². The number of aromatic nitrogens is 3. The van der Waals surface area contributed by atoms with Crippen LogP contribution < -0.4 is 4.74 Å². The fourth-order valence-corrected chi connectivity index (χ4v) is 5.40. The smallest absolute Gasteiger partial charge is 0.155 e. The first kappa shape index (κ1) is 20.5. The first-order valence-electron chi connectivity index (χ1n) is 12.0. The molecule has 0 spiro atoms. The standard InChI is InChI=1S/C26H34N4O/c1-19-9-10-20(2)29(19)17-6-18-31-22-13-11-21(12-14-22)26-23-7-4-3-5-8-24(23)28-25-15-16-27-30(25)26/h11-16,19-20H,3-10,17-18H2,1-2H3/t19-,20-/m1/s1. The second-order valence-corrected chi connectivity index (χ2v) is 9.29. The lowest BCUT2D eigenvalue weighted by atomic mass is 10.0. The van der Waals surface area contributed by atoms with Crippen LogP contribution >= 0.6 is 0 Å². The van der Waals surface area contributed by atoms with E-state index in [9.17, 15) is 0 Å². The van der Waals surface area contributed by atoms with Crippen molar-refractivity contribution in [3.05, 3.63) is 47.8 Å². The Morgan fingerprint density at radius 3 is 2.55 bits per heavy atom. The lowest BCUT2D eigenvalue weighted by Gasteiger charge is -2.25. The highest BCUT2D eigenvalue weighted by atomic mass is 16.5. The van der Waals surface area contributed by atoms with Crippen LogP contribution in [0.4, 0.5) is 0 Å². The summed E-state index contributed by atoms with van der Waals surface area (Å²) < 4.78 is 8.08. The van der Waals surface area contributed by atoms with Gasteiger partial charge in [-0.15, -0.1) is 0 Å². The van der Waals surface area contributed by atoms with E-state index in [-0.39, 0.29) is 0 Å². The molecule has 0 N–H and O–H groups in total. The first-order valence-corrected chi connectivity index (χ1v) is 12.0. The number of hydrogen-bond acceptors (Lipinski definition) is 4. The van der Waals surface area contributed by atoms with Crippen molar-refractivity contribution in [3.63, 3.8) is 0 Å². The third-order valence-electron chi connectivity index (χ3n) is 7.15. The summed E-state index contributed by atoms with van der Waals surface area (Å²) in [6.45, 7) is 6.59. The Balaban J connectivity index is 1.30. The van der Waals surface area contributed by atoms with E-state index in [1.54, 1.807) is 0 Å². The Kier molecular flexibility index (Phi) is 5.95. The van der Waals surface area contributed by atoms with Gasteiger partial charge in [-0.25, -0.2) is 9.50 Å². The molecule has 5 rings (SSSR count). The summed E-state index contributed by atoms with van der Waals surface area (Å²) in [6.07, 6.45) is 11.5. The van der Waals surface area contributed by atoms with Crippen molar-refractivity contribution in [1.82, 2.24) is 19.5 Å². The van der Waals surface area contributed by atoms with E-state index >= 15 is 0 Å². The quantitative estimate of drug-likeness (QED) is 0.402. The number of nitrogens with zero attached hydrogens (tertiary/aromatic N) is 4. The Bertz CT molecular complexity index is 1020. The summed E-state index contributed by atoms with van der Waals surface area (Å²) in [6, 6.07) is 12.0. The molecule has 3 aromatic rings. The summed E-state index contributed by atoms with van der Waals surface area (Å²) in [5.41, 5.74) is 5.97. The molecule has 3 heterocycles. The molecular formula is C26H34N4O. The minimum atomic E-state index is 0.712. The highest BCUT2D eigenvalue weighted by Crippen LogP contribution is 2.32. The number of ether oxygens (including phenoxy) is 1. The Morgan fingerprint density at radius 1 is 0.968 bits per heavy atom. The number of benzene rings is 1. The number of hydrogen-bond donors (Lipinski definition) is 0. The maximum Gasteiger partial charge on any atom is 0.155 e. The van der Waals surface area contributed by atoms with E-state index in [0.29, 0.717) is 12.1 Å². The fraction of sp³-hybridized carbons (Fsp3) is 0.538.